The summed E-state index contributed by atoms with van der Waals surface area (Å²) in [6.45, 7) is 1.01. The number of aliphatic hydroxyl groups excluding tert-OH is 1. The number of halogens is 1. The van der Waals surface area contributed by atoms with Gasteiger partial charge in [-0.15, -0.1) is 0 Å². The van der Waals surface area contributed by atoms with Gasteiger partial charge in [0.05, 0.1) is 18.8 Å². The van der Waals surface area contributed by atoms with Crippen LogP contribution in [0.5, 0.6) is 0 Å². The second-order valence-corrected chi connectivity index (χ2v) is 4.82. The molecule has 1 aromatic heterocycles. The van der Waals surface area contributed by atoms with E-state index in [1.807, 2.05) is 4.68 Å². The molecule has 0 atom stereocenters. The maximum atomic E-state index is 10.8. The molecule has 17 heavy (non-hydrogen) atoms. The molecule has 0 aliphatic carbocycles. The zero-order chi connectivity index (χ0) is 12.4. The Labute approximate surface area is 107 Å². The van der Waals surface area contributed by atoms with Crippen LogP contribution >= 0.6 is 15.9 Å². The van der Waals surface area contributed by atoms with E-state index in [4.69, 9.17) is 10.2 Å². The van der Waals surface area contributed by atoms with Crippen molar-refractivity contribution in [2.75, 3.05) is 13.1 Å². The number of likely N-dealkylation sites (tertiary alicyclic amines) is 1. The van der Waals surface area contributed by atoms with Crippen LogP contribution in [0.3, 0.4) is 0 Å². The molecule has 1 aliphatic heterocycles. The summed E-state index contributed by atoms with van der Waals surface area (Å²) in [4.78, 5) is 12.2. The number of hydrogen-bond donors (Lipinski definition) is 2. The maximum Gasteiger partial charge on any atom is 0.407 e. The fourth-order valence-corrected chi connectivity index (χ4v) is 2.65. The van der Waals surface area contributed by atoms with Gasteiger partial charge in [0.25, 0.3) is 0 Å². The van der Waals surface area contributed by atoms with Crippen LogP contribution in [0, 0.1) is 0 Å². The van der Waals surface area contributed by atoms with Crippen LogP contribution in [0.4, 0.5) is 4.79 Å². The Kier molecular flexibility index (Phi) is 3.68. The third-order valence-corrected chi connectivity index (χ3v) is 3.93. The number of hydrogen-bond acceptors (Lipinski definition) is 3. The number of aromatic nitrogens is 2. The molecular weight excluding hydrogens is 290 g/mol. The first kappa shape index (κ1) is 12.4. The van der Waals surface area contributed by atoms with E-state index in [9.17, 15) is 4.79 Å². The molecule has 2 rings (SSSR count). The van der Waals surface area contributed by atoms with Crippen molar-refractivity contribution in [1.82, 2.24) is 14.7 Å². The van der Waals surface area contributed by atoms with Crippen LogP contribution in [0.25, 0.3) is 0 Å². The average molecular weight is 304 g/mol. The fourth-order valence-electron chi connectivity index (χ4n) is 2.05. The van der Waals surface area contributed by atoms with Crippen LogP contribution in [0.1, 0.15) is 24.4 Å². The van der Waals surface area contributed by atoms with Gasteiger partial charge in [-0.2, -0.15) is 5.10 Å². The number of carbonyl (C=O) groups is 1. The minimum Gasteiger partial charge on any atom is -0.465 e. The van der Waals surface area contributed by atoms with Crippen molar-refractivity contribution in [1.29, 1.82) is 0 Å². The number of piperidine rings is 1. The van der Waals surface area contributed by atoms with E-state index in [0.29, 0.717) is 13.1 Å². The third kappa shape index (κ3) is 2.44. The molecule has 0 aromatic carbocycles. The molecule has 2 N–H and O–H groups in total. The first-order valence-corrected chi connectivity index (χ1v) is 6.23. The minimum absolute atomic E-state index is 0.0471. The number of carboxylic acid groups (broad SMARTS) is 1. The molecule has 2 heterocycles. The van der Waals surface area contributed by atoms with E-state index >= 15 is 0 Å². The van der Waals surface area contributed by atoms with Crippen molar-refractivity contribution >= 4 is 22.0 Å². The van der Waals surface area contributed by atoms with Crippen LogP contribution in [0.15, 0.2) is 10.8 Å². The highest BCUT2D eigenvalue weighted by molar-refractivity contribution is 9.10. The summed E-state index contributed by atoms with van der Waals surface area (Å²) < 4.78 is 2.61. The second kappa shape index (κ2) is 5.05. The van der Waals surface area contributed by atoms with Gasteiger partial charge in [-0.1, -0.05) is 0 Å². The number of rotatable bonds is 2. The zero-order valence-electron chi connectivity index (χ0n) is 9.21. The van der Waals surface area contributed by atoms with Gasteiger partial charge in [0.2, 0.25) is 0 Å². The predicted molar refractivity (Wildman–Crippen MR) is 63.7 cm³/mol. The summed E-state index contributed by atoms with van der Waals surface area (Å²) in [5.41, 5.74) is 0.755. The van der Waals surface area contributed by atoms with Gasteiger partial charge in [0.15, 0.2) is 0 Å². The van der Waals surface area contributed by atoms with E-state index in [1.165, 1.54) is 4.90 Å². The Hall–Kier alpha value is -1.08. The number of aliphatic hydroxyl groups is 1. The standard InChI is InChI=1S/C10H14BrN3O3/c11-9-7(6-15)5-12-14(9)8-1-3-13(4-2-8)10(16)17/h5,8,15H,1-4,6H2,(H,16,17). The molecule has 0 radical (unpaired) electrons. The smallest absolute Gasteiger partial charge is 0.407 e. The van der Waals surface area contributed by atoms with Crippen LogP contribution in [0.2, 0.25) is 0 Å². The van der Waals surface area contributed by atoms with Crippen molar-refractivity contribution < 1.29 is 15.0 Å². The molecule has 6 nitrogen and oxygen atoms in total. The lowest BCUT2D eigenvalue weighted by molar-refractivity contribution is 0.123. The summed E-state index contributed by atoms with van der Waals surface area (Å²) in [7, 11) is 0. The topological polar surface area (TPSA) is 78.6 Å². The summed E-state index contributed by atoms with van der Waals surface area (Å²) in [5, 5.41) is 22.2. The molecule has 1 saturated heterocycles. The van der Waals surface area contributed by atoms with E-state index in [1.54, 1.807) is 6.20 Å². The number of nitrogens with zero attached hydrogens (tertiary/aromatic N) is 3. The van der Waals surface area contributed by atoms with E-state index in [0.717, 1.165) is 23.0 Å². The normalized spacial score (nSPS) is 17.4. The minimum atomic E-state index is -0.862. The van der Waals surface area contributed by atoms with Gasteiger partial charge < -0.3 is 15.1 Å². The van der Waals surface area contributed by atoms with Crippen LogP contribution in [-0.2, 0) is 6.61 Å². The predicted octanol–water partition coefficient (Wildman–Crippen LogP) is 1.45. The highest BCUT2D eigenvalue weighted by Crippen LogP contribution is 2.27. The Morgan fingerprint density at radius 1 is 1.53 bits per heavy atom. The molecule has 0 spiro atoms. The van der Waals surface area contributed by atoms with E-state index in [-0.39, 0.29) is 12.6 Å². The van der Waals surface area contributed by atoms with Gasteiger partial charge in [-0.25, -0.2) is 4.79 Å². The van der Waals surface area contributed by atoms with Crippen molar-refractivity contribution in [2.24, 2.45) is 0 Å². The molecule has 1 fully saturated rings. The highest BCUT2D eigenvalue weighted by Gasteiger charge is 2.25. The quantitative estimate of drug-likeness (QED) is 0.867. The SMILES string of the molecule is O=C(O)N1CCC(n2ncc(CO)c2Br)CC1. The number of amides is 1. The lowest BCUT2D eigenvalue weighted by atomic mass is 10.1. The largest absolute Gasteiger partial charge is 0.465 e. The third-order valence-electron chi connectivity index (χ3n) is 3.06. The molecule has 1 aromatic rings. The zero-order valence-corrected chi connectivity index (χ0v) is 10.8. The van der Waals surface area contributed by atoms with Crippen molar-refractivity contribution in [3.8, 4) is 0 Å². The Morgan fingerprint density at radius 2 is 2.18 bits per heavy atom. The lowest BCUT2D eigenvalue weighted by Gasteiger charge is -2.30. The van der Waals surface area contributed by atoms with Crippen molar-refractivity contribution in [3.05, 3.63) is 16.4 Å². The van der Waals surface area contributed by atoms with Crippen molar-refractivity contribution in [3.63, 3.8) is 0 Å². The first-order valence-electron chi connectivity index (χ1n) is 5.44. The average Bonchev–Trinajstić information content (AvgIpc) is 2.70. The van der Waals surface area contributed by atoms with Gasteiger partial charge in [0, 0.05) is 18.7 Å². The molecule has 94 valence electrons. The first-order chi connectivity index (χ1) is 8.13. The molecule has 7 heteroatoms. The molecule has 0 saturated carbocycles. The monoisotopic (exact) mass is 303 g/mol. The van der Waals surface area contributed by atoms with E-state index in [2.05, 4.69) is 21.0 Å². The Bertz CT molecular complexity index is 413. The fraction of sp³-hybridized carbons (Fsp3) is 0.600. The Balaban J connectivity index is 2.05. The summed E-state index contributed by atoms with van der Waals surface area (Å²) in [6, 6.07) is 0.195. The summed E-state index contributed by atoms with van der Waals surface area (Å²) in [5.74, 6) is 0. The molecule has 0 unspecified atom stereocenters. The van der Waals surface area contributed by atoms with Gasteiger partial charge in [-0.05, 0) is 28.8 Å². The molecule has 1 aliphatic rings. The molecule has 0 bridgehead atoms. The van der Waals surface area contributed by atoms with Gasteiger partial charge in [-0.3, -0.25) is 4.68 Å². The van der Waals surface area contributed by atoms with Gasteiger partial charge >= 0.3 is 6.09 Å². The molecule has 1 amide bonds. The van der Waals surface area contributed by atoms with Crippen LogP contribution in [-0.4, -0.2) is 44.1 Å². The van der Waals surface area contributed by atoms with Crippen molar-refractivity contribution in [2.45, 2.75) is 25.5 Å². The summed E-state index contributed by atoms with van der Waals surface area (Å²) in [6.07, 6.45) is 2.27. The summed E-state index contributed by atoms with van der Waals surface area (Å²) >= 11 is 3.40. The Morgan fingerprint density at radius 3 is 2.65 bits per heavy atom. The van der Waals surface area contributed by atoms with Gasteiger partial charge in [0.1, 0.15) is 4.60 Å². The van der Waals surface area contributed by atoms with E-state index < -0.39 is 6.09 Å². The highest BCUT2D eigenvalue weighted by atomic mass is 79.9. The second-order valence-electron chi connectivity index (χ2n) is 4.06. The molecular formula is C10H14BrN3O3. The maximum absolute atomic E-state index is 10.8. The van der Waals surface area contributed by atoms with Crippen LogP contribution < -0.4 is 0 Å². The lowest BCUT2D eigenvalue weighted by Crippen LogP contribution is -2.38.